The third-order valence-electron chi connectivity index (χ3n) is 2.99. The minimum absolute atomic E-state index is 0.195. The van der Waals surface area contributed by atoms with Gasteiger partial charge in [0.2, 0.25) is 0 Å². The van der Waals surface area contributed by atoms with Crippen LogP contribution in [0.25, 0.3) is 0 Å². The van der Waals surface area contributed by atoms with Gasteiger partial charge in [-0.1, -0.05) is 0 Å². The number of urea groups is 1. The fourth-order valence-corrected chi connectivity index (χ4v) is 2.69. The van der Waals surface area contributed by atoms with Gasteiger partial charge in [-0.15, -0.1) is 11.3 Å². The van der Waals surface area contributed by atoms with Crippen LogP contribution in [0, 0.1) is 13.8 Å². The highest BCUT2D eigenvalue weighted by molar-refractivity contribution is 7.11. The molecule has 0 aromatic carbocycles. The van der Waals surface area contributed by atoms with Crippen molar-refractivity contribution >= 4 is 17.4 Å². The molecule has 0 aliphatic carbocycles. The summed E-state index contributed by atoms with van der Waals surface area (Å²) in [5.41, 5.74) is 1.07. The highest BCUT2D eigenvalue weighted by Crippen LogP contribution is 2.16. The summed E-state index contributed by atoms with van der Waals surface area (Å²) in [7, 11) is 0. The first-order chi connectivity index (χ1) is 10.6. The average molecular weight is 320 g/mol. The largest absolute Gasteiger partial charge is 0.490 e. The minimum Gasteiger partial charge on any atom is -0.490 e. The van der Waals surface area contributed by atoms with Crippen molar-refractivity contribution < 1.29 is 9.53 Å². The molecule has 2 heterocycles. The minimum atomic E-state index is -0.195. The quantitative estimate of drug-likeness (QED) is 0.766. The fourth-order valence-electron chi connectivity index (χ4n) is 1.76. The second kappa shape index (κ2) is 8.33. The van der Waals surface area contributed by atoms with Gasteiger partial charge in [0.25, 0.3) is 0 Å². The lowest BCUT2D eigenvalue weighted by atomic mass is 10.4. The summed E-state index contributed by atoms with van der Waals surface area (Å²) in [5, 5.41) is 6.60. The van der Waals surface area contributed by atoms with E-state index in [-0.39, 0.29) is 6.03 Å². The molecule has 2 aromatic heterocycles. The molecule has 0 bridgehead atoms. The number of hydrogen-bond acceptors (Lipinski definition) is 5. The molecular weight excluding hydrogens is 300 g/mol. The Labute approximate surface area is 133 Å². The number of nitrogens with zero attached hydrogens (tertiary/aromatic N) is 2. The van der Waals surface area contributed by atoms with Gasteiger partial charge in [0, 0.05) is 24.0 Å². The molecular formula is C15H20N4O2S. The van der Waals surface area contributed by atoms with Crippen molar-refractivity contribution in [2.75, 3.05) is 19.7 Å². The molecule has 0 saturated carbocycles. The molecule has 22 heavy (non-hydrogen) atoms. The van der Waals surface area contributed by atoms with Crippen LogP contribution in [-0.4, -0.2) is 35.7 Å². The van der Waals surface area contributed by atoms with Gasteiger partial charge in [0.05, 0.1) is 23.4 Å². The molecule has 0 atom stereocenters. The van der Waals surface area contributed by atoms with Crippen LogP contribution in [0.5, 0.6) is 5.75 Å². The number of aryl methyl sites for hydroxylation is 2. The Hall–Kier alpha value is -2.15. The molecule has 118 valence electrons. The van der Waals surface area contributed by atoms with Crippen LogP contribution >= 0.6 is 11.3 Å². The van der Waals surface area contributed by atoms with Gasteiger partial charge in [0.1, 0.15) is 12.4 Å². The zero-order chi connectivity index (χ0) is 15.8. The number of hydrogen-bond donors (Lipinski definition) is 2. The molecule has 0 radical (unpaired) electrons. The van der Waals surface area contributed by atoms with E-state index in [9.17, 15) is 4.79 Å². The molecule has 0 aliphatic heterocycles. The molecule has 6 nitrogen and oxygen atoms in total. The monoisotopic (exact) mass is 320 g/mol. The molecule has 0 saturated heterocycles. The Morgan fingerprint density at radius 1 is 1.32 bits per heavy atom. The third kappa shape index (κ3) is 5.33. The Morgan fingerprint density at radius 3 is 2.82 bits per heavy atom. The molecule has 2 aromatic rings. The van der Waals surface area contributed by atoms with Crippen molar-refractivity contribution in [1.29, 1.82) is 0 Å². The van der Waals surface area contributed by atoms with Crippen molar-refractivity contribution in [1.82, 2.24) is 20.6 Å². The van der Waals surface area contributed by atoms with Gasteiger partial charge in [-0.3, -0.25) is 4.98 Å². The van der Waals surface area contributed by atoms with Crippen LogP contribution in [0.15, 0.2) is 24.5 Å². The summed E-state index contributed by atoms with van der Waals surface area (Å²) in [6, 6.07) is 3.43. The Balaban J connectivity index is 1.56. The summed E-state index contributed by atoms with van der Waals surface area (Å²) >= 11 is 1.68. The average Bonchev–Trinajstić information content (AvgIpc) is 2.83. The summed E-state index contributed by atoms with van der Waals surface area (Å²) < 4.78 is 5.43. The first-order valence-electron chi connectivity index (χ1n) is 7.12. The van der Waals surface area contributed by atoms with Crippen LogP contribution in [-0.2, 0) is 6.42 Å². The maximum Gasteiger partial charge on any atom is 0.314 e. The van der Waals surface area contributed by atoms with E-state index in [0.717, 1.165) is 17.1 Å². The van der Waals surface area contributed by atoms with E-state index in [1.165, 1.54) is 4.88 Å². The number of ether oxygens (including phenoxy) is 1. The Morgan fingerprint density at radius 2 is 2.14 bits per heavy atom. The maximum absolute atomic E-state index is 11.6. The predicted molar refractivity (Wildman–Crippen MR) is 86.4 cm³/mol. The van der Waals surface area contributed by atoms with Gasteiger partial charge >= 0.3 is 6.03 Å². The second-order valence-corrected chi connectivity index (χ2v) is 6.01. The molecule has 0 unspecified atom stereocenters. The first-order valence-corrected chi connectivity index (χ1v) is 7.94. The van der Waals surface area contributed by atoms with E-state index < -0.39 is 0 Å². The Kier molecular flexibility index (Phi) is 6.14. The second-order valence-electron chi connectivity index (χ2n) is 4.72. The summed E-state index contributed by atoms with van der Waals surface area (Å²) in [6.45, 7) is 5.47. The zero-order valence-electron chi connectivity index (χ0n) is 12.8. The van der Waals surface area contributed by atoms with E-state index in [1.807, 2.05) is 13.0 Å². The highest BCUT2D eigenvalue weighted by atomic mass is 32.1. The van der Waals surface area contributed by atoms with Crippen molar-refractivity contribution in [2.45, 2.75) is 20.3 Å². The molecule has 0 aliphatic rings. The molecule has 7 heteroatoms. The highest BCUT2D eigenvalue weighted by Gasteiger charge is 2.04. The van der Waals surface area contributed by atoms with Gasteiger partial charge < -0.3 is 15.4 Å². The van der Waals surface area contributed by atoms with E-state index in [0.29, 0.717) is 25.4 Å². The van der Waals surface area contributed by atoms with Gasteiger partial charge in [-0.25, -0.2) is 9.78 Å². The molecule has 2 rings (SSSR count). The maximum atomic E-state index is 11.6. The SMILES string of the molecule is Cc1nc(CCNC(=O)NCCOc2cccnc2)sc1C. The number of amides is 2. The van der Waals surface area contributed by atoms with Crippen molar-refractivity contribution in [3.63, 3.8) is 0 Å². The first kappa shape index (κ1) is 16.2. The summed E-state index contributed by atoms with van der Waals surface area (Å²) in [5.74, 6) is 0.694. The van der Waals surface area contributed by atoms with Crippen LogP contribution in [0.3, 0.4) is 0 Å². The fraction of sp³-hybridized carbons (Fsp3) is 0.400. The van der Waals surface area contributed by atoms with E-state index in [1.54, 1.807) is 29.8 Å². The molecule has 0 spiro atoms. The van der Waals surface area contributed by atoms with Crippen LogP contribution in [0.4, 0.5) is 4.79 Å². The summed E-state index contributed by atoms with van der Waals surface area (Å²) in [4.78, 5) is 21.2. The predicted octanol–water partition coefficient (Wildman–Crippen LogP) is 2.08. The lowest BCUT2D eigenvalue weighted by Crippen LogP contribution is -2.38. The van der Waals surface area contributed by atoms with E-state index >= 15 is 0 Å². The van der Waals surface area contributed by atoms with E-state index in [2.05, 4.69) is 27.5 Å². The van der Waals surface area contributed by atoms with Crippen molar-refractivity contribution in [3.8, 4) is 5.75 Å². The van der Waals surface area contributed by atoms with Crippen LogP contribution in [0.2, 0.25) is 0 Å². The normalized spacial score (nSPS) is 10.3. The lowest BCUT2D eigenvalue weighted by molar-refractivity contribution is 0.236. The number of carbonyl (C=O) groups is 1. The number of pyridine rings is 1. The zero-order valence-corrected chi connectivity index (χ0v) is 13.6. The standard InChI is InChI=1S/C15H20N4O2S/c1-11-12(2)22-14(19-11)5-7-17-15(20)18-8-9-21-13-4-3-6-16-10-13/h3-4,6,10H,5,7-9H2,1-2H3,(H2,17,18,20). The van der Waals surface area contributed by atoms with Crippen molar-refractivity contribution in [3.05, 3.63) is 40.1 Å². The summed E-state index contributed by atoms with van der Waals surface area (Å²) in [6.07, 6.45) is 4.07. The van der Waals surface area contributed by atoms with Crippen molar-refractivity contribution in [2.24, 2.45) is 0 Å². The van der Waals surface area contributed by atoms with Gasteiger partial charge in [-0.2, -0.15) is 0 Å². The smallest absolute Gasteiger partial charge is 0.314 e. The number of rotatable bonds is 7. The van der Waals surface area contributed by atoms with E-state index in [4.69, 9.17) is 4.74 Å². The van der Waals surface area contributed by atoms with Gasteiger partial charge in [-0.05, 0) is 26.0 Å². The number of carbonyl (C=O) groups excluding carboxylic acids is 1. The van der Waals surface area contributed by atoms with Crippen LogP contribution < -0.4 is 15.4 Å². The topological polar surface area (TPSA) is 76.1 Å². The number of aromatic nitrogens is 2. The molecule has 0 fully saturated rings. The number of thiazole rings is 1. The third-order valence-corrected chi connectivity index (χ3v) is 4.12. The number of nitrogens with one attached hydrogen (secondary N) is 2. The van der Waals surface area contributed by atoms with Gasteiger partial charge in [0.15, 0.2) is 0 Å². The Bertz CT molecular complexity index is 581. The lowest BCUT2D eigenvalue weighted by Gasteiger charge is -2.08. The molecule has 2 N–H and O–H groups in total. The van der Waals surface area contributed by atoms with Crippen LogP contribution in [0.1, 0.15) is 15.6 Å². The molecule has 2 amide bonds.